The highest BCUT2D eigenvalue weighted by molar-refractivity contribution is 5.73. The fourth-order valence-electron chi connectivity index (χ4n) is 1.03. The molecule has 0 aliphatic carbocycles. The summed E-state index contributed by atoms with van der Waals surface area (Å²) >= 11 is 0. The van der Waals surface area contributed by atoms with Crippen molar-refractivity contribution in [2.45, 2.75) is 6.92 Å². The summed E-state index contributed by atoms with van der Waals surface area (Å²) in [6, 6.07) is 6.98. The number of benzene rings is 1. The average molecular weight is 214 g/mol. The van der Waals surface area contributed by atoms with Gasteiger partial charge in [0.1, 0.15) is 0 Å². The van der Waals surface area contributed by atoms with Crippen LogP contribution in [0.5, 0.6) is 0 Å². The Morgan fingerprint density at radius 3 is 2.88 bits per heavy atom. The van der Waals surface area contributed by atoms with E-state index in [2.05, 4.69) is 22.2 Å². The van der Waals surface area contributed by atoms with E-state index in [1.165, 1.54) is 13.0 Å². The molecule has 0 aromatic heterocycles. The van der Waals surface area contributed by atoms with E-state index in [0.717, 1.165) is 0 Å². The van der Waals surface area contributed by atoms with Crippen LogP contribution in [0.25, 0.3) is 0 Å². The molecular weight excluding hydrogens is 204 g/mol. The molecule has 1 aromatic rings. The third-order valence-corrected chi connectivity index (χ3v) is 1.72. The quantitative estimate of drug-likeness (QED) is 0.456. The van der Waals surface area contributed by atoms with Crippen LogP contribution in [0.4, 0.5) is 5.69 Å². The molecule has 0 spiro atoms. The van der Waals surface area contributed by atoms with Gasteiger partial charge in [0, 0.05) is 6.92 Å². The van der Waals surface area contributed by atoms with Crippen LogP contribution in [-0.4, -0.2) is 18.5 Å². The molecule has 0 aliphatic rings. The number of hydrogen-bond acceptors (Lipinski definition) is 3. The molecule has 4 heteroatoms. The standard InChI is InChI=1S/C12H10N2O2/c1-10(16)13-8-4-6-11-5-2-3-7-12(11)14-9-15/h2-3,5,7H,8H2,1H3,(H,13,16). The van der Waals surface area contributed by atoms with Crippen molar-refractivity contribution >= 4 is 17.7 Å². The zero-order chi connectivity index (χ0) is 11.8. The van der Waals surface area contributed by atoms with E-state index in [9.17, 15) is 9.59 Å². The summed E-state index contributed by atoms with van der Waals surface area (Å²) in [6.07, 6.45) is 1.47. The molecule has 0 atom stereocenters. The van der Waals surface area contributed by atoms with E-state index in [-0.39, 0.29) is 12.5 Å². The van der Waals surface area contributed by atoms with Crippen molar-refractivity contribution in [2.75, 3.05) is 6.54 Å². The van der Waals surface area contributed by atoms with Crippen molar-refractivity contribution in [2.24, 2.45) is 4.99 Å². The maximum absolute atomic E-state index is 10.6. The van der Waals surface area contributed by atoms with Gasteiger partial charge in [-0.25, -0.2) is 4.79 Å². The lowest BCUT2D eigenvalue weighted by Crippen LogP contribution is -2.19. The van der Waals surface area contributed by atoms with Gasteiger partial charge >= 0.3 is 0 Å². The number of hydrogen-bond donors (Lipinski definition) is 1. The lowest BCUT2D eigenvalue weighted by Gasteiger charge is -1.95. The minimum Gasteiger partial charge on any atom is -0.345 e. The van der Waals surface area contributed by atoms with Gasteiger partial charge in [-0.1, -0.05) is 24.0 Å². The second kappa shape index (κ2) is 6.18. The highest BCUT2D eigenvalue weighted by atomic mass is 16.1. The molecule has 4 nitrogen and oxygen atoms in total. The van der Waals surface area contributed by atoms with Crippen LogP contribution in [0.15, 0.2) is 29.3 Å². The number of aliphatic imine (C=N–C) groups is 1. The average Bonchev–Trinajstić information content (AvgIpc) is 2.26. The number of carbonyl (C=O) groups excluding carboxylic acids is 2. The summed E-state index contributed by atoms with van der Waals surface area (Å²) in [7, 11) is 0. The molecule has 0 fully saturated rings. The number of para-hydroxylation sites is 1. The summed E-state index contributed by atoms with van der Waals surface area (Å²) in [5, 5.41) is 2.55. The van der Waals surface area contributed by atoms with Gasteiger partial charge in [-0.15, -0.1) is 0 Å². The predicted molar refractivity (Wildman–Crippen MR) is 59.8 cm³/mol. The zero-order valence-corrected chi connectivity index (χ0v) is 8.78. The minimum atomic E-state index is -0.131. The number of nitrogens with zero attached hydrogens (tertiary/aromatic N) is 1. The fraction of sp³-hybridized carbons (Fsp3) is 0.167. The second-order valence-electron chi connectivity index (χ2n) is 2.93. The van der Waals surface area contributed by atoms with Crippen molar-refractivity contribution in [3.05, 3.63) is 29.8 Å². The molecule has 0 bridgehead atoms. The van der Waals surface area contributed by atoms with Gasteiger partial charge in [-0.05, 0) is 12.1 Å². The fourth-order valence-corrected chi connectivity index (χ4v) is 1.03. The van der Waals surface area contributed by atoms with Crippen LogP contribution in [0.2, 0.25) is 0 Å². The monoisotopic (exact) mass is 214 g/mol. The number of nitrogens with one attached hydrogen (secondary N) is 1. The highest BCUT2D eigenvalue weighted by Gasteiger charge is 1.95. The summed E-state index contributed by atoms with van der Waals surface area (Å²) in [5.41, 5.74) is 1.11. The molecule has 16 heavy (non-hydrogen) atoms. The van der Waals surface area contributed by atoms with Gasteiger partial charge < -0.3 is 5.32 Å². The molecule has 0 unspecified atom stereocenters. The first kappa shape index (κ1) is 11.7. The van der Waals surface area contributed by atoms with Crippen LogP contribution in [-0.2, 0) is 9.59 Å². The zero-order valence-electron chi connectivity index (χ0n) is 8.78. The van der Waals surface area contributed by atoms with Crippen LogP contribution < -0.4 is 5.32 Å². The molecule has 80 valence electrons. The SMILES string of the molecule is CC(=O)NCC#Cc1ccccc1N=C=O. The number of rotatable bonds is 2. The number of carbonyl (C=O) groups is 1. The second-order valence-corrected chi connectivity index (χ2v) is 2.93. The van der Waals surface area contributed by atoms with E-state index in [1.807, 2.05) is 0 Å². The summed E-state index contributed by atoms with van der Waals surface area (Å²) in [4.78, 5) is 24.2. The first-order chi connectivity index (χ1) is 7.74. The Morgan fingerprint density at radius 1 is 1.44 bits per heavy atom. The molecule has 1 rings (SSSR count). The Bertz CT molecular complexity index is 491. The van der Waals surface area contributed by atoms with E-state index < -0.39 is 0 Å². The van der Waals surface area contributed by atoms with E-state index in [0.29, 0.717) is 11.3 Å². The Balaban J connectivity index is 2.79. The molecule has 1 N–H and O–H groups in total. The lowest BCUT2D eigenvalue weighted by molar-refractivity contribution is -0.118. The van der Waals surface area contributed by atoms with Crippen LogP contribution in [0.3, 0.4) is 0 Å². The Morgan fingerprint density at radius 2 is 2.19 bits per heavy atom. The highest BCUT2D eigenvalue weighted by Crippen LogP contribution is 2.16. The third-order valence-electron chi connectivity index (χ3n) is 1.72. The van der Waals surface area contributed by atoms with Crippen molar-refractivity contribution in [3.63, 3.8) is 0 Å². The number of amides is 1. The molecule has 0 saturated carbocycles. The van der Waals surface area contributed by atoms with Gasteiger partial charge in [-0.3, -0.25) is 4.79 Å². The first-order valence-corrected chi connectivity index (χ1v) is 4.64. The molecule has 0 aliphatic heterocycles. The van der Waals surface area contributed by atoms with Crippen LogP contribution in [0.1, 0.15) is 12.5 Å². The molecular formula is C12H10N2O2. The van der Waals surface area contributed by atoms with Gasteiger partial charge in [0.15, 0.2) is 0 Å². The maximum atomic E-state index is 10.6. The van der Waals surface area contributed by atoms with Crippen molar-refractivity contribution in [1.29, 1.82) is 0 Å². The van der Waals surface area contributed by atoms with E-state index in [1.54, 1.807) is 24.3 Å². The van der Waals surface area contributed by atoms with Crippen LogP contribution in [0, 0.1) is 11.8 Å². The third kappa shape index (κ3) is 3.79. The Labute approximate surface area is 93.4 Å². The molecule has 1 amide bonds. The van der Waals surface area contributed by atoms with Gasteiger partial charge in [-0.2, -0.15) is 4.99 Å². The molecule has 1 aromatic carbocycles. The smallest absolute Gasteiger partial charge is 0.240 e. The minimum absolute atomic E-state index is 0.131. The van der Waals surface area contributed by atoms with E-state index in [4.69, 9.17) is 0 Å². The summed E-state index contributed by atoms with van der Waals surface area (Å²) in [6.45, 7) is 1.70. The first-order valence-electron chi connectivity index (χ1n) is 4.64. The van der Waals surface area contributed by atoms with Crippen LogP contribution >= 0.6 is 0 Å². The molecule has 0 saturated heterocycles. The van der Waals surface area contributed by atoms with Gasteiger partial charge in [0.05, 0.1) is 17.8 Å². The van der Waals surface area contributed by atoms with Gasteiger partial charge in [0.2, 0.25) is 12.0 Å². The Kier molecular flexibility index (Phi) is 4.52. The largest absolute Gasteiger partial charge is 0.345 e. The molecule has 0 radical (unpaired) electrons. The Hall–Kier alpha value is -2.37. The summed E-state index contributed by atoms with van der Waals surface area (Å²) in [5.74, 6) is 5.45. The lowest BCUT2D eigenvalue weighted by atomic mass is 10.2. The normalized spacial score (nSPS) is 8.31. The maximum Gasteiger partial charge on any atom is 0.240 e. The number of isocyanates is 1. The van der Waals surface area contributed by atoms with Crippen molar-refractivity contribution < 1.29 is 9.59 Å². The predicted octanol–water partition coefficient (Wildman–Crippen LogP) is 1.14. The topological polar surface area (TPSA) is 58.5 Å². The summed E-state index contributed by atoms with van der Waals surface area (Å²) < 4.78 is 0. The van der Waals surface area contributed by atoms with Gasteiger partial charge in [0.25, 0.3) is 0 Å². The van der Waals surface area contributed by atoms with E-state index >= 15 is 0 Å². The van der Waals surface area contributed by atoms with Crippen molar-refractivity contribution in [3.8, 4) is 11.8 Å². The molecule has 0 heterocycles. The van der Waals surface area contributed by atoms with Crippen molar-refractivity contribution in [1.82, 2.24) is 5.32 Å².